The van der Waals surface area contributed by atoms with Gasteiger partial charge in [0.1, 0.15) is 5.82 Å². The van der Waals surface area contributed by atoms with E-state index in [0.29, 0.717) is 5.82 Å². The smallest absolute Gasteiger partial charge is 0.238 e. The maximum atomic E-state index is 11.0. The van der Waals surface area contributed by atoms with Crippen molar-refractivity contribution in [1.82, 2.24) is 4.98 Å². The highest BCUT2D eigenvalue weighted by atomic mass is 32.2. The average molecular weight is 184 g/mol. The second-order valence-electron chi connectivity index (χ2n) is 2.88. The minimum atomic E-state index is -3.13. The van der Waals surface area contributed by atoms with E-state index >= 15 is 0 Å². The van der Waals surface area contributed by atoms with Crippen LogP contribution < -0.4 is 4.72 Å². The normalized spacial score (nSPS) is 18.4. The third kappa shape index (κ3) is 1.16. The van der Waals surface area contributed by atoms with E-state index in [1.54, 1.807) is 6.20 Å². The molecule has 2 heterocycles. The van der Waals surface area contributed by atoms with Gasteiger partial charge in [0.2, 0.25) is 10.0 Å². The predicted molar refractivity (Wildman–Crippen MR) is 45.2 cm³/mol. The topological polar surface area (TPSA) is 59.1 Å². The summed E-state index contributed by atoms with van der Waals surface area (Å²) < 4.78 is 24.5. The number of pyridine rings is 1. The van der Waals surface area contributed by atoms with Gasteiger partial charge in [-0.1, -0.05) is 0 Å². The van der Waals surface area contributed by atoms with E-state index in [1.165, 1.54) is 0 Å². The summed E-state index contributed by atoms with van der Waals surface area (Å²) in [6.45, 7) is 1.89. The summed E-state index contributed by atoms with van der Waals surface area (Å²) in [6, 6.07) is 1.83. The van der Waals surface area contributed by atoms with Crippen LogP contribution in [0.1, 0.15) is 11.1 Å². The van der Waals surface area contributed by atoms with Crippen LogP contribution >= 0.6 is 0 Å². The van der Waals surface area contributed by atoms with Crippen molar-refractivity contribution in [3.63, 3.8) is 0 Å². The lowest BCUT2D eigenvalue weighted by Gasteiger charge is -1.95. The number of aromatic nitrogens is 1. The molecule has 1 N–H and O–H groups in total. The minimum Gasteiger partial charge on any atom is -0.267 e. The molecule has 0 bridgehead atoms. The maximum Gasteiger partial charge on any atom is 0.238 e. The summed E-state index contributed by atoms with van der Waals surface area (Å²) in [6.07, 6.45) is 1.65. The molecule has 0 fully saturated rings. The molecule has 1 aromatic rings. The number of hydrogen-bond donors (Lipinski definition) is 1. The lowest BCUT2D eigenvalue weighted by Crippen LogP contribution is -2.05. The molecular weight excluding hydrogens is 176 g/mol. The summed E-state index contributed by atoms with van der Waals surface area (Å²) in [5.74, 6) is 0.525. The summed E-state index contributed by atoms with van der Waals surface area (Å²) in [5.41, 5.74) is 1.74. The van der Waals surface area contributed by atoms with Gasteiger partial charge in [-0.05, 0) is 18.6 Å². The molecule has 1 aliphatic heterocycles. The van der Waals surface area contributed by atoms with Crippen molar-refractivity contribution in [3.05, 3.63) is 23.4 Å². The Labute approximate surface area is 70.7 Å². The molecule has 0 unspecified atom stereocenters. The molecule has 0 atom stereocenters. The van der Waals surface area contributed by atoms with Gasteiger partial charge in [-0.15, -0.1) is 0 Å². The molecule has 0 spiro atoms. The van der Waals surface area contributed by atoms with Crippen molar-refractivity contribution in [1.29, 1.82) is 0 Å². The fourth-order valence-electron chi connectivity index (χ4n) is 1.22. The van der Waals surface area contributed by atoms with Gasteiger partial charge in [0, 0.05) is 11.8 Å². The fraction of sp³-hybridized carbons (Fsp3) is 0.286. The zero-order chi connectivity index (χ0) is 8.77. The van der Waals surface area contributed by atoms with Gasteiger partial charge >= 0.3 is 0 Å². The molecule has 5 heteroatoms. The second kappa shape index (κ2) is 2.20. The first-order valence-corrected chi connectivity index (χ1v) is 5.18. The van der Waals surface area contributed by atoms with Crippen LogP contribution in [0.4, 0.5) is 5.82 Å². The first kappa shape index (κ1) is 7.54. The van der Waals surface area contributed by atoms with Gasteiger partial charge < -0.3 is 0 Å². The van der Waals surface area contributed by atoms with Crippen molar-refractivity contribution >= 4 is 15.8 Å². The Hall–Kier alpha value is -1.10. The third-order valence-electron chi connectivity index (χ3n) is 1.70. The zero-order valence-corrected chi connectivity index (χ0v) is 7.35. The standard InChI is InChI=1S/C7H8N2O2S/c1-5-2-6-4-12(10,11)9-7(6)8-3-5/h2-3H,4H2,1H3,(H,8,9). The first-order chi connectivity index (χ1) is 5.57. The minimum absolute atomic E-state index is 0.0526. The third-order valence-corrected chi connectivity index (χ3v) is 2.90. The van der Waals surface area contributed by atoms with E-state index in [2.05, 4.69) is 9.71 Å². The van der Waals surface area contributed by atoms with E-state index in [4.69, 9.17) is 0 Å². The molecule has 0 aromatic carbocycles. The molecule has 0 aliphatic carbocycles. The molecule has 0 radical (unpaired) electrons. The van der Waals surface area contributed by atoms with E-state index in [0.717, 1.165) is 11.1 Å². The van der Waals surface area contributed by atoms with E-state index in [9.17, 15) is 8.42 Å². The molecular formula is C7H8N2O2S. The lowest BCUT2D eigenvalue weighted by molar-refractivity contribution is 0.602. The number of rotatable bonds is 0. The molecule has 0 saturated carbocycles. The Bertz CT molecular complexity index is 425. The van der Waals surface area contributed by atoms with Crippen LogP contribution in [-0.4, -0.2) is 13.4 Å². The maximum absolute atomic E-state index is 11.0. The Morgan fingerprint density at radius 2 is 2.33 bits per heavy atom. The summed E-state index contributed by atoms with van der Waals surface area (Å²) in [4.78, 5) is 3.96. The van der Waals surface area contributed by atoms with Crippen molar-refractivity contribution < 1.29 is 8.42 Å². The van der Waals surface area contributed by atoms with Crippen molar-refractivity contribution in [2.24, 2.45) is 0 Å². The predicted octanol–water partition coefficient (Wildman–Crippen LogP) is 0.645. The molecule has 4 nitrogen and oxygen atoms in total. The molecule has 64 valence electrons. The summed E-state index contributed by atoms with van der Waals surface area (Å²) in [5, 5.41) is 0. The van der Waals surface area contributed by atoms with Gasteiger partial charge in [0.05, 0.1) is 5.75 Å². The van der Waals surface area contributed by atoms with Crippen molar-refractivity contribution in [2.75, 3.05) is 4.72 Å². The van der Waals surface area contributed by atoms with Gasteiger partial charge in [0.25, 0.3) is 0 Å². The van der Waals surface area contributed by atoms with Crippen LogP contribution in [0.15, 0.2) is 12.3 Å². The Kier molecular flexibility index (Phi) is 1.38. The molecule has 12 heavy (non-hydrogen) atoms. The van der Waals surface area contributed by atoms with Crippen molar-refractivity contribution in [3.8, 4) is 0 Å². The summed E-state index contributed by atoms with van der Waals surface area (Å²) >= 11 is 0. The van der Waals surface area contributed by atoms with Gasteiger partial charge in [0.15, 0.2) is 0 Å². The van der Waals surface area contributed by atoms with Crippen LogP contribution in [0.25, 0.3) is 0 Å². The van der Waals surface area contributed by atoms with Gasteiger partial charge in [-0.25, -0.2) is 13.4 Å². The number of fused-ring (bicyclic) bond motifs is 1. The number of nitrogens with zero attached hydrogens (tertiary/aromatic N) is 1. The van der Waals surface area contributed by atoms with E-state index < -0.39 is 10.0 Å². The summed E-state index contributed by atoms with van der Waals surface area (Å²) in [7, 11) is -3.13. The van der Waals surface area contributed by atoms with Crippen molar-refractivity contribution in [2.45, 2.75) is 12.7 Å². The van der Waals surface area contributed by atoms with Gasteiger partial charge in [-0.3, -0.25) is 4.72 Å². The largest absolute Gasteiger partial charge is 0.267 e. The SMILES string of the molecule is Cc1cnc2c(c1)CS(=O)(=O)N2. The Morgan fingerprint density at radius 3 is 3.08 bits per heavy atom. The number of anilines is 1. The number of nitrogens with one attached hydrogen (secondary N) is 1. The number of hydrogen-bond acceptors (Lipinski definition) is 3. The van der Waals surface area contributed by atoms with Crippen LogP contribution in [0.3, 0.4) is 0 Å². The quantitative estimate of drug-likeness (QED) is 0.643. The number of sulfonamides is 1. The first-order valence-electron chi connectivity index (χ1n) is 3.53. The Balaban J connectivity index is 2.56. The van der Waals surface area contributed by atoms with E-state index in [-0.39, 0.29) is 5.75 Å². The molecule has 0 saturated heterocycles. The average Bonchev–Trinajstić information content (AvgIpc) is 2.21. The van der Waals surface area contributed by atoms with Crippen LogP contribution in [0.5, 0.6) is 0 Å². The van der Waals surface area contributed by atoms with Crippen LogP contribution in [0, 0.1) is 6.92 Å². The van der Waals surface area contributed by atoms with E-state index in [1.807, 2.05) is 13.0 Å². The highest BCUT2D eigenvalue weighted by molar-refractivity contribution is 7.92. The second-order valence-corrected chi connectivity index (χ2v) is 4.60. The molecule has 2 rings (SSSR count). The monoisotopic (exact) mass is 184 g/mol. The fourth-order valence-corrected chi connectivity index (χ4v) is 2.40. The highest BCUT2D eigenvalue weighted by Gasteiger charge is 2.24. The highest BCUT2D eigenvalue weighted by Crippen LogP contribution is 2.24. The molecule has 1 aromatic heterocycles. The number of aryl methyl sites for hydroxylation is 1. The lowest BCUT2D eigenvalue weighted by atomic mass is 10.2. The van der Waals surface area contributed by atoms with Crippen LogP contribution in [0.2, 0.25) is 0 Å². The zero-order valence-electron chi connectivity index (χ0n) is 6.53. The van der Waals surface area contributed by atoms with Gasteiger partial charge in [-0.2, -0.15) is 0 Å². The molecule has 0 amide bonds. The van der Waals surface area contributed by atoms with Crippen LogP contribution in [-0.2, 0) is 15.8 Å². The Morgan fingerprint density at radius 1 is 1.58 bits per heavy atom. The molecule has 1 aliphatic rings.